The number of hydrazine groups is 1. The molecule has 0 radical (unpaired) electrons. The lowest BCUT2D eigenvalue weighted by molar-refractivity contribution is -0.162. The maximum atomic E-state index is 14.5. The van der Waals surface area contributed by atoms with E-state index >= 15 is 0 Å². The molecular formula is C44H56N10O6. The molecule has 318 valence electrons. The summed E-state index contributed by atoms with van der Waals surface area (Å²) in [5, 5.41) is 7.44. The molecule has 0 spiro atoms. The van der Waals surface area contributed by atoms with Gasteiger partial charge in [-0.2, -0.15) is 0 Å². The van der Waals surface area contributed by atoms with Gasteiger partial charge in [0.15, 0.2) is 11.6 Å². The summed E-state index contributed by atoms with van der Waals surface area (Å²) in [5.74, 6) is -5.03. The number of aromatic amines is 3. The van der Waals surface area contributed by atoms with Gasteiger partial charge in [0.05, 0.1) is 24.3 Å². The van der Waals surface area contributed by atoms with E-state index in [1.165, 1.54) is 16.3 Å². The average Bonchev–Trinajstić information content (AvgIpc) is 4.08. The Hall–Kier alpha value is -6.13. The van der Waals surface area contributed by atoms with E-state index in [0.717, 1.165) is 32.9 Å². The van der Waals surface area contributed by atoms with E-state index in [9.17, 15) is 28.8 Å². The van der Waals surface area contributed by atoms with Crippen LogP contribution in [0.25, 0.3) is 21.8 Å². The second kappa shape index (κ2) is 20.2. The zero-order chi connectivity index (χ0) is 42.8. The molecule has 1 fully saturated rings. The number of para-hydroxylation sites is 2. The van der Waals surface area contributed by atoms with E-state index in [0.29, 0.717) is 37.9 Å². The number of amides is 4. The number of hydrogen-bond acceptors (Lipinski definition) is 9. The maximum absolute atomic E-state index is 14.5. The zero-order valence-corrected chi connectivity index (χ0v) is 34.0. The first-order chi connectivity index (χ1) is 28.9. The molecule has 1 aliphatic rings. The number of nitrogens with two attached hydrogens (primary N) is 3. The number of carbonyl (C=O) groups is 6. The number of Topliss-reactive ketones (excluding diaryl/α,β-unsaturated/α-hetero) is 2. The van der Waals surface area contributed by atoms with Crippen LogP contribution in [0.15, 0.2) is 73.4 Å². The topological polar surface area (TPSA) is 259 Å². The molecule has 0 unspecified atom stereocenters. The van der Waals surface area contributed by atoms with Crippen molar-refractivity contribution in [1.82, 2.24) is 35.3 Å². The third-order valence-corrected chi connectivity index (χ3v) is 11.6. The number of hydrogen-bond donors (Lipinski definition) is 7. The summed E-state index contributed by atoms with van der Waals surface area (Å²) < 4.78 is 0. The minimum absolute atomic E-state index is 0.144. The number of nitrogens with zero attached hydrogens (tertiary/aromatic N) is 3. The van der Waals surface area contributed by atoms with Gasteiger partial charge in [-0.15, -0.1) is 0 Å². The highest BCUT2D eigenvalue weighted by Crippen LogP contribution is 2.28. The van der Waals surface area contributed by atoms with E-state index in [1.54, 1.807) is 13.1 Å². The first-order valence-corrected chi connectivity index (χ1v) is 20.7. The number of ketones is 2. The van der Waals surface area contributed by atoms with Crippen molar-refractivity contribution in [3.63, 3.8) is 0 Å². The Morgan fingerprint density at radius 2 is 1.38 bits per heavy atom. The standard InChI is InChI=1S/C44H56N10O6/c1-27(52-43(59)29(17-31-23-49-37-12-4-2-10-34(31)37)19-40(56)36(46)22-33-25-48-26-51-33)39(55)20-30(18-32-24-50-38-13-5-3-11-35(32)38)44(60)54-16-8-15-53(54)41(57)21-28(42(47)58)9-6-7-14-45/h2-5,10-13,23-30,36,49-50H,6-9,14-22,45-46H2,1H3,(H2,47,58)(H,48,51)(H,52,59)/t27-,28+,29-,30+,36-/m0/s1. The van der Waals surface area contributed by atoms with Crippen molar-refractivity contribution in [2.45, 2.75) is 83.2 Å². The second-order valence-corrected chi connectivity index (χ2v) is 15.9. The Morgan fingerprint density at radius 1 is 0.767 bits per heavy atom. The molecule has 16 nitrogen and oxygen atoms in total. The number of benzene rings is 2. The first-order valence-electron chi connectivity index (χ1n) is 20.7. The summed E-state index contributed by atoms with van der Waals surface area (Å²) in [5.41, 5.74) is 21.7. The van der Waals surface area contributed by atoms with Crippen LogP contribution in [0, 0.1) is 17.8 Å². The van der Waals surface area contributed by atoms with Gasteiger partial charge in [0.1, 0.15) is 0 Å². The Bertz CT molecular complexity index is 2280. The Morgan fingerprint density at radius 3 is 2.00 bits per heavy atom. The van der Waals surface area contributed by atoms with Crippen LogP contribution in [0.2, 0.25) is 0 Å². The predicted molar refractivity (Wildman–Crippen MR) is 226 cm³/mol. The molecule has 3 aromatic heterocycles. The van der Waals surface area contributed by atoms with Gasteiger partial charge >= 0.3 is 0 Å². The highest BCUT2D eigenvalue weighted by atomic mass is 16.2. The van der Waals surface area contributed by atoms with E-state index in [2.05, 4.69) is 25.3 Å². The number of primary amides is 1. The molecule has 4 amide bonds. The van der Waals surface area contributed by atoms with Crippen molar-refractivity contribution in [2.24, 2.45) is 35.0 Å². The molecule has 0 saturated carbocycles. The molecule has 1 saturated heterocycles. The fourth-order valence-corrected chi connectivity index (χ4v) is 8.12. The van der Waals surface area contributed by atoms with Crippen LogP contribution in [0.5, 0.6) is 0 Å². The number of carbonyl (C=O) groups excluding carboxylic acids is 6. The molecule has 0 bridgehead atoms. The van der Waals surface area contributed by atoms with Crippen LogP contribution in [-0.4, -0.2) is 96.9 Å². The minimum atomic E-state index is -1.02. The van der Waals surface area contributed by atoms with Crippen LogP contribution in [0.4, 0.5) is 0 Å². The Balaban J connectivity index is 1.19. The number of rotatable bonds is 22. The van der Waals surface area contributed by atoms with Gasteiger partial charge in [-0.25, -0.2) is 4.98 Å². The molecular weight excluding hydrogens is 765 g/mol. The largest absolute Gasteiger partial charge is 0.369 e. The Labute approximate surface area is 348 Å². The first kappa shape index (κ1) is 43.4. The highest BCUT2D eigenvalue weighted by Gasteiger charge is 2.38. The van der Waals surface area contributed by atoms with E-state index in [4.69, 9.17) is 17.2 Å². The van der Waals surface area contributed by atoms with Gasteiger partial charge in [-0.3, -0.25) is 38.8 Å². The number of H-pyrrole nitrogens is 3. The van der Waals surface area contributed by atoms with Crippen LogP contribution < -0.4 is 22.5 Å². The lowest BCUT2D eigenvalue weighted by atomic mass is 9.89. The predicted octanol–water partition coefficient (Wildman–Crippen LogP) is 2.98. The van der Waals surface area contributed by atoms with Crippen LogP contribution in [0.3, 0.4) is 0 Å². The zero-order valence-electron chi connectivity index (χ0n) is 34.0. The molecule has 60 heavy (non-hydrogen) atoms. The molecule has 6 rings (SSSR count). The average molecular weight is 821 g/mol. The van der Waals surface area contributed by atoms with Crippen molar-refractivity contribution in [1.29, 1.82) is 0 Å². The summed E-state index contributed by atoms with van der Waals surface area (Å²) in [6.45, 7) is 2.57. The summed E-state index contributed by atoms with van der Waals surface area (Å²) in [4.78, 5) is 95.6. The summed E-state index contributed by atoms with van der Waals surface area (Å²) >= 11 is 0. The van der Waals surface area contributed by atoms with Gasteiger partial charge < -0.3 is 37.5 Å². The SMILES string of the molecule is C[C@H](NC(=O)[C@H](CC(=O)[C@@H](N)Cc1cnc[nH]1)Cc1c[nH]c2ccccc12)C(=O)C[C@@H](Cc1c[nH]c2ccccc12)C(=O)N1CCCN1C(=O)C[C@@H](CCCCN)C(N)=O. The molecule has 10 N–H and O–H groups in total. The van der Waals surface area contributed by atoms with Crippen LogP contribution >= 0.6 is 0 Å². The molecule has 5 atom stereocenters. The molecule has 1 aliphatic heterocycles. The van der Waals surface area contributed by atoms with E-state index in [1.807, 2.05) is 60.9 Å². The summed E-state index contributed by atoms with van der Waals surface area (Å²) in [6, 6.07) is 13.4. The fraction of sp³-hybridized carbons (Fsp3) is 0.432. The molecule has 4 heterocycles. The van der Waals surface area contributed by atoms with Gasteiger partial charge in [0.2, 0.25) is 23.6 Å². The van der Waals surface area contributed by atoms with Gasteiger partial charge in [0.25, 0.3) is 0 Å². The lowest BCUT2D eigenvalue weighted by Gasteiger charge is -2.32. The third kappa shape index (κ3) is 10.7. The molecule has 2 aromatic carbocycles. The van der Waals surface area contributed by atoms with Crippen molar-refractivity contribution in [3.05, 3.63) is 90.3 Å². The summed E-state index contributed by atoms with van der Waals surface area (Å²) in [7, 11) is 0. The Kier molecular flexibility index (Phi) is 14.6. The van der Waals surface area contributed by atoms with Crippen LogP contribution in [0.1, 0.15) is 68.7 Å². The van der Waals surface area contributed by atoms with E-state index in [-0.39, 0.29) is 63.2 Å². The van der Waals surface area contributed by atoms with Gasteiger partial charge in [-0.05, 0) is 68.8 Å². The maximum Gasteiger partial charge on any atom is 0.245 e. The number of unbranched alkanes of at least 4 members (excludes halogenated alkanes) is 1. The number of aromatic nitrogens is 4. The van der Waals surface area contributed by atoms with E-state index < -0.39 is 53.5 Å². The van der Waals surface area contributed by atoms with Crippen molar-refractivity contribution >= 4 is 57.0 Å². The summed E-state index contributed by atoms with van der Waals surface area (Å²) in [6.07, 6.45) is 9.08. The number of imidazole rings is 1. The number of nitrogens with one attached hydrogen (secondary N) is 4. The normalized spacial score (nSPS) is 15.4. The van der Waals surface area contributed by atoms with Gasteiger partial charge in [-0.1, -0.05) is 42.8 Å². The van der Waals surface area contributed by atoms with Crippen molar-refractivity contribution < 1.29 is 28.8 Å². The molecule has 16 heteroatoms. The smallest absolute Gasteiger partial charge is 0.245 e. The quantitative estimate of drug-likeness (QED) is 0.0506. The fourth-order valence-electron chi connectivity index (χ4n) is 8.12. The van der Waals surface area contributed by atoms with Crippen molar-refractivity contribution in [3.8, 4) is 0 Å². The second-order valence-electron chi connectivity index (χ2n) is 15.9. The number of fused-ring (bicyclic) bond motifs is 2. The molecule has 0 aliphatic carbocycles. The van der Waals surface area contributed by atoms with Crippen molar-refractivity contribution in [2.75, 3.05) is 19.6 Å². The van der Waals surface area contributed by atoms with Gasteiger partial charge in [0, 0.05) is 96.7 Å². The monoisotopic (exact) mass is 820 g/mol. The molecule has 5 aromatic rings. The minimum Gasteiger partial charge on any atom is -0.369 e. The highest BCUT2D eigenvalue weighted by molar-refractivity contribution is 5.96. The van der Waals surface area contributed by atoms with Crippen LogP contribution in [-0.2, 0) is 48.0 Å². The third-order valence-electron chi connectivity index (χ3n) is 11.6. The lowest BCUT2D eigenvalue weighted by Crippen LogP contribution is -2.49.